The number of hydrogen-bond donors (Lipinski definition) is 0. The zero-order chi connectivity index (χ0) is 26.0. The van der Waals surface area contributed by atoms with Crippen LogP contribution in [0.1, 0.15) is 136 Å². The van der Waals surface area contributed by atoms with Gasteiger partial charge in [-0.05, 0) is 19.3 Å². The Balaban J connectivity index is 0. The first-order chi connectivity index (χ1) is 17.0. The Labute approximate surface area is 233 Å². The van der Waals surface area contributed by atoms with Gasteiger partial charge in [-0.15, -0.1) is 9.05 Å². The van der Waals surface area contributed by atoms with Gasteiger partial charge in [0.15, 0.2) is 0 Å². The highest BCUT2D eigenvalue weighted by Gasteiger charge is 2.49. The Kier molecular flexibility index (Phi) is 31.1. The molecule has 0 aromatic rings. The lowest BCUT2D eigenvalue weighted by Gasteiger charge is -2.06. The lowest BCUT2D eigenvalue weighted by molar-refractivity contribution is 0.181. The largest absolute Gasteiger partial charge is 0.708 e. The summed E-state index contributed by atoms with van der Waals surface area (Å²) < 4.78 is 63.0. The first-order valence-corrected chi connectivity index (χ1v) is 17.5. The molecule has 2 atom stereocenters. The highest BCUT2D eigenvalue weighted by Crippen LogP contribution is 2.62. The molecule has 0 aromatic heterocycles. The predicted molar refractivity (Wildman–Crippen MR) is 149 cm³/mol. The van der Waals surface area contributed by atoms with Gasteiger partial charge < -0.3 is 0 Å². The van der Waals surface area contributed by atoms with Gasteiger partial charge in [0, 0.05) is 35.1 Å². The molecular formula is C24H51AlO8P3+2. The van der Waals surface area contributed by atoms with Crippen molar-refractivity contribution in [3.05, 3.63) is 0 Å². The van der Waals surface area contributed by atoms with Crippen LogP contribution in [0, 0.1) is 0 Å². The SMILES string of the molecule is CCCCCCCCO[P+](=O)OP(=O)(OCCCCCCCC)O[P+](=O)OCCCCCCCC.[Al]. The molecule has 0 N–H and O–H groups in total. The second kappa shape index (κ2) is 28.8. The molecule has 0 saturated carbocycles. The second-order valence-corrected chi connectivity index (χ2v) is 12.7. The maximum Gasteiger partial charge on any atom is 0.708 e. The maximum atomic E-state index is 13.0. The summed E-state index contributed by atoms with van der Waals surface area (Å²) in [6, 6.07) is 0. The molecule has 0 rings (SSSR count). The van der Waals surface area contributed by atoms with Crippen molar-refractivity contribution in [3.8, 4) is 0 Å². The molecule has 0 aliphatic heterocycles. The monoisotopic (exact) mass is 587 g/mol. The molecule has 12 heteroatoms. The van der Waals surface area contributed by atoms with E-state index in [0.717, 1.165) is 64.2 Å². The maximum absolute atomic E-state index is 13.0. The van der Waals surface area contributed by atoms with Crippen LogP contribution in [0.25, 0.3) is 0 Å². The van der Waals surface area contributed by atoms with Crippen molar-refractivity contribution in [1.29, 1.82) is 0 Å². The van der Waals surface area contributed by atoms with Gasteiger partial charge in [0.05, 0.1) is 6.61 Å². The molecule has 3 radical (unpaired) electrons. The van der Waals surface area contributed by atoms with Gasteiger partial charge in [-0.2, -0.15) is 0 Å². The van der Waals surface area contributed by atoms with Gasteiger partial charge in [-0.1, -0.05) is 117 Å². The summed E-state index contributed by atoms with van der Waals surface area (Å²) in [7, 11) is -9.81. The summed E-state index contributed by atoms with van der Waals surface area (Å²) in [5, 5.41) is 0. The molecule has 0 amide bonds. The van der Waals surface area contributed by atoms with E-state index in [1.807, 2.05) is 0 Å². The molecule has 0 spiro atoms. The van der Waals surface area contributed by atoms with Crippen LogP contribution in [-0.4, -0.2) is 37.2 Å². The molecule has 0 bridgehead atoms. The van der Waals surface area contributed by atoms with Crippen molar-refractivity contribution < 1.29 is 35.9 Å². The highest BCUT2D eigenvalue weighted by atomic mass is 31.3. The van der Waals surface area contributed by atoms with Gasteiger partial charge in [-0.25, -0.2) is 4.57 Å². The lowest BCUT2D eigenvalue weighted by atomic mass is 10.1. The minimum Gasteiger partial charge on any atom is -0.282 e. The minimum absolute atomic E-state index is 0. The van der Waals surface area contributed by atoms with Gasteiger partial charge in [-0.3, -0.25) is 4.52 Å². The van der Waals surface area contributed by atoms with Crippen molar-refractivity contribution in [2.24, 2.45) is 0 Å². The van der Waals surface area contributed by atoms with Crippen LogP contribution < -0.4 is 0 Å². The molecule has 36 heavy (non-hydrogen) atoms. The van der Waals surface area contributed by atoms with Crippen LogP contribution in [-0.2, 0) is 35.9 Å². The van der Waals surface area contributed by atoms with Crippen molar-refractivity contribution in [2.45, 2.75) is 136 Å². The van der Waals surface area contributed by atoms with Crippen LogP contribution in [0.4, 0.5) is 0 Å². The highest BCUT2D eigenvalue weighted by molar-refractivity contribution is 7.61. The quantitative estimate of drug-likeness (QED) is 0.0507. The van der Waals surface area contributed by atoms with E-state index in [9.17, 15) is 13.7 Å². The number of hydrogen-bond acceptors (Lipinski definition) is 8. The Hall–Kier alpha value is 0.762. The zero-order valence-electron chi connectivity index (χ0n) is 23.0. The number of unbranched alkanes of at least 4 members (excludes halogenated alkanes) is 15. The zero-order valence-corrected chi connectivity index (χ0v) is 26.9. The standard InChI is InChI=1S/C24H51O8P3.Al/c1-4-7-10-13-16-19-22-28-33(25)31-35(27,30-24-21-18-15-12-9-6-3)32-34(26)29-23-20-17-14-11-8-5-2;/h4-24H2,1-3H3;/q+2;. The van der Waals surface area contributed by atoms with Gasteiger partial charge in [0.25, 0.3) is 0 Å². The molecule has 0 heterocycles. The van der Waals surface area contributed by atoms with E-state index in [-0.39, 0.29) is 37.2 Å². The van der Waals surface area contributed by atoms with Gasteiger partial charge >= 0.3 is 24.3 Å². The average molecular weight is 588 g/mol. The molecule has 2 unspecified atom stereocenters. The summed E-state index contributed by atoms with van der Waals surface area (Å²) in [6.07, 6.45) is 18.7. The van der Waals surface area contributed by atoms with Crippen LogP contribution >= 0.6 is 24.3 Å². The Morgan fingerprint density at radius 1 is 0.500 bits per heavy atom. The smallest absolute Gasteiger partial charge is 0.282 e. The first kappa shape index (κ1) is 38.9. The fourth-order valence-electron chi connectivity index (χ4n) is 3.37. The Morgan fingerprint density at radius 3 is 1.17 bits per heavy atom. The van der Waals surface area contributed by atoms with Crippen LogP contribution in [0.3, 0.4) is 0 Å². The van der Waals surface area contributed by atoms with Crippen LogP contribution in [0.15, 0.2) is 0 Å². The van der Waals surface area contributed by atoms with E-state index < -0.39 is 24.3 Å². The molecule has 0 saturated heterocycles. The van der Waals surface area contributed by atoms with Crippen LogP contribution in [0.5, 0.6) is 0 Å². The van der Waals surface area contributed by atoms with Crippen molar-refractivity contribution in [3.63, 3.8) is 0 Å². The minimum atomic E-state index is -4.35. The van der Waals surface area contributed by atoms with E-state index in [4.69, 9.17) is 22.2 Å². The van der Waals surface area contributed by atoms with Crippen molar-refractivity contribution in [2.75, 3.05) is 19.8 Å². The average Bonchev–Trinajstić information content (AvgIpc) is 2.82. The first-order valence-electron chi connectivity index (χ1n) is 13.8. The lowest BCUT2D eigenvalue weighted by Crippen LogP contribution is -1.98. The summed E-state index contributed by atoms with van der Waals surface area (Å²) in [6.45, 7) is 7.00. The Morgan fingerprint density at radius 2 is 0.806 bits per heavy atom. The third kappa shape index (κ3) is 26.4. The predicted octanol–water partition coefficient (Wildman–Crippen LogP) is 10.2. The molecule has 0 aliphatic rings. The fraction of sp³-hybridized carbons (Fsp3) is 1.00. The summed E-state index contributed by atoms with van der Waals surface area (Å²) >= 11 is 0. The summed E-state index contributed by atoms with van der Waals surface area (Å²) in [5.74, 6) is 0. The van der Waals surface area contributed by atoms with E-state index >= 15 is 0 Å². The number of rotatable bonds is 28. The van der Waals surface area contributed by atoms with Crippen molar-refractivity contribution >= 4 is 41.7 Å². The second-order valence-electron chi connectivity index (χ2n) is 8.86. The molecule has 211 valence electrons. The van der Waals surface area contributed by atoms with E-state index in [2.05, 4.69) is 20.8 Å². The van der Waals surface area contributed by atoms with E-state index in [1.165, 1.54) is 44.9 Å². The fourth-order valence-corrected chi connectivity index (χ4v) is 6.73. The molecule has 0 fully saturated rings. The number of phosphoric acid groups is 1. The van der Waals surface area contributed by atoms with Crippen LogP contribution in [0.2, 0.25) is 0 Å². The van der Waals surface area contributed by atoms with E-state index in [1.54, 1.807) is 0 Å². The topological polar surface area (TPSA) is 97.4 Å². The summed E-state index contributed by atoms with van der Waals surface area (Å²) in [5.41, 5.74) is 0. The van der Waals surface area contributed by atoms with E-state index in [0.29, 0.717) is 6.42 Å². The molecular weight excluding hydrogens is 536 g/mol. The van der Waals surface area contributed by atoms with Gasteiger partial charge in [0.1, 0.15) is 13.2 Å². The van der Waals surface area contributed by atoms with Gasteiger partial charge in [0.2, 0.25) is 0 Å². The summed E-state index contributed by atoms with van der Waals surface area (Å²) in [4.78, 5) is 0. The Bertz CT molecular complexity index is 533. The molecule has 0 aliphatic carbocycles. The normalized spacial score (nSPS) is 13.8. The third-order valence-electron chi connectivity index (χ3n) is 5.47. The molecule has 8 nitrogen and oxygen atoms in total. The molecule has 0 aromatic carbocycles. The van der Waals surface area contributed by atoms with Crippen molar-refractivity contribution in [1.82, 2.24) is 0 Å². The third-order valence-corrected chi connectivity index (χ3v) is 9.42.